The number of rotatable bonds is 51. The summed E-state index contributed by atoms with van der Waals surface area (Å²) in [6, 6.07) is 2.89. The highest BCUT2D eigenvalue weighted by Crippen LogP contribution is 2.17. The van der Waals surface area contributed by atoms with E-state index in [1.807, 2.05) is 0 Å². The molecule has 578 valence electrons. The van der Waals surface area contributed by atoms with E-state index in [-0.39, 0.29) is 69.7 Å². The lowest BCUT2D eigenvalue weighted by Gasteiger charge is -2.30. The quantitative estimate of drug-likeness (QED) is 0.0310. The summed E-state index contributed by atoms with van der Waals surface area (Å²) in [4.78, 5) is 188. The smallest absolute Gasteiger partial charge is 0.326 e. The molecule has 32 nitrogen and oxygen atoms in total. The number of benzene rings is 2. The Morgan fingerprint density at radius 1 is 0.452 bits per heavy atom. The fourth-order valence-corrected chi connectivity index (χ4v) is 11.2. The second-order valence-electron chi connectivity index (χ2n) is 27.6. The first-order valence-electron chi connectivity index (χ1n) is 36.1. The Morgan fingerprint density at radius 3 is 1.31 bits per heavy atom. The van der Waals surface area contributed by atoms with Crippen molar-refractivity contribution < 1.29 is 67.4 Å². The highest BCUT2D eigenvalue weighted by atomic mass is 16.4. The number of carbonyl (C=O) groups is 13. The lowest BCUT2D eigenvalue weighted by Crippen LogP contribution is -2.61. The van der Waals surface area contributed by atoms with Gasteiger partial charge in [-0.2, -0.15) is 0 Å². The molecule has 23 N–H and O–H groups in total. The Hall–Kier alpha value is -9.40. The number of aliphatic carboxylic acids is 1. The number of unbranched alkanes of at least 4 members (excludes halogenated alkanes) is 3. The van der Waals surface area contributed by atoms with Gasteiger partial charge in [-0.25, -0.2) is 9.78 Å². The van der Waals surface area contributed by atoms with Crippen molar-refractivity contribution in [1.29, 1.82) is 0 Å². The Morgan fingerprint density at radius 2 is 0.856 bits per heavy atom. The minimum absolute atomic E-state index is 0.0325. The van der Waals surface area contributed by atoms with Gasteiger partial charge in [0, 0.05) is 37.6 Å². The molecule has 0 fully saturated rings. The Bertz CT molecular complexity index is 3200. The molecule has 0 bridgehead atoms. The summed E-state index contributed by atoms with van der Waals surface area (Å²) in [6.45, 7) is 14.4. The third-order valence-electron chi connectivity index (χ3n) is 17.4. The minimum atomic E-state index is -1.57. The van der Waals surface area contributed by atoms with Crippen LogP contribution >= 0.6 is 0 Å². The van der Waals surface area contributed by atoms with Crippen molar-refractivity contribution >= 4 is 76.9 Å². The molecule has 3 aromatic rings. The number of amides is 12. The third kappa shape index (κ3) is 33.4. The first-order chi connectivity index (χ1) is 49.4. The maximum Gasteiger partial charge on any atom is 0.326 e. The Balaban J connectivity index is 1.95. The normalized spacial score (nSPS) is 14.8. The molecule has 0 unspecified atom stereocenters. The number of carboxylic acids is 1. The zero-order valence-electron chi connectivity index (χ0n) is 61.5. The number of aromatic amines is 1. The molecule has 12 atom stereocenters. The zero-order valence-corrected chi connectivity index (χ0v) is 61.5. The molecule has 32 heteroatoms. The van der Waals surface area contributed by atoms with Crippen LogP contribution in [-0.2, 0) is 81.6 Å². The van der Waals surface area contributed by atoms with Gasteiger partial charge in [0.2, 0.25) is 70.9 Å². The SMILES string of the molecule is CC[C@H](C)[C@H](NC(=O)[C@H](CC(C)C)NC(=O)[C@H](Cc1ccccc1)NC(=O)CNC(=O)[C@@H](NC(=O)[C@@H](N)CCCCN)C(C)C)C(=O)N[C@@H](CCC(N)=O)C(=O)N[C@@H](CC(C)C)C(=O)N[C@@H](Cc1ccccc1)C(=O)N[C@@H](Cc1cnc[nH]1)C(=O)N[C@@H](CCCCN)C(=O)N[C@@H](CCCCN)C(=O)O. The van der Waals surface area contributed by atoms with Gasteiger partial charge in [-0.3, -0.25) is 57.5 Å². The van der Waals surface area contributed by atoms with Gasteiger partial charge >= 0.3 is 5.97 Å². The van der Waals surface area contributed by atoms with Crippen molar-refractivity contribution in [3.8, 4) is 0 Å². The number of aromatic nitrogens is 2. The van der Waals surface area contributed by atoms with Crippen molar-refractivity contribution in [3.63, 3.8) is 0 Å². The average Bonchev–Trinajstić information content (AvgIpc) is 1.03. The van der Waals surface area contributed by atoms with E-state index in [0.717, 1.165) is 0 Å². The van der Waals surface area contributed by atoms with E-state index in [1.165, 1.54) is 12.5 Å². The monoisotopic (exact) mass is 1460 g/mol. The van der Waals surface area contributed by atoms with Gasteiger partial charge in [0.25, 0.3) is 0 Å². The molecule has 0 aliphatic rings. The summed E-state index contributed by atoms with van der Waals surface area (Å²) in [6.07, 6.45) is 5.39. The van der Waals surface area contributed by atoms with Crippen LogP contribution in [-0.4, -0.2) is 185 Å². The Kier molecular flexibility index (Phi) is 40.8. The summed E-state index contributed by atoms with van der Waals surface area (Å²) in [5.74, 6) is -12.4. The van der Waals surface area contributed by atoms with Crippen LogP contribution in [0.25, 0.3) is 0 Å². The first kappa shape index (κ1) is 88.8. The van der Waals surface area contributed by atoms with Crippen LogP contribution in [0.3, 0.4) is 0 Å². The topological polar surface area (TPSA) is 533 Å². The fourth-order valence-electron chi connectivity index (χ4n) is 11.2. The van der Waals surface area contributed by atoms with Crippen molar-refractivity contribution in [3.05, 3.63) is 90.0 Å². The molecule has 2 aromatic carbocycles. The predicted octanol–water partition coefficient (Wildman–Crippen LogP) is -0.740. The molecule has 12 amide bonds. The summed E-state index contributed by atoms with van der Waals surface area (Å²) >= 11 is 0. The molecule has 0 aliphatic heterocycles. The summed E-state index contributed by atoms with van der Waals surface area (Å²) in [5.41, 5.74) is 30.3. The summed E-state index contributed by atoms with van der Waals surface area (Å²) < 4.78 is 0. The molecule has 1 aromatic heterocycles. The number of H-pyrrole nitrogens is 1. The van der Waals surface area contributed by atoms with Crippen molar-refractivity contribution in [1.82, 2.24) is 68.5 Å². The van der Waals surface area contributed by atoms with Gasteiger partial charge in [-0.1, -0.05) is 129 Å². The van der Waals surface area contributed by atoms with E-state index in [9.17, 15) is 67.4 Å². The molecular weight excluding hydrogens is 1340 g/mol. The van der Waals surface area contributed by atoms with Crippen LogP contribution in [0, 0.1) is 23.7 Å². The number of hydrogen-bond donors (Lipinski definition) is 18. The molecule has 0 aliphatic carbocycles. The van der Waals surface area contributed by atoms with Gasteiger partial charge in [0.15, 0.2) is 0 Å². The summed E-state index contributed by atoms with van der Waals surface area (Å²) in [5, 5.41) is 39.5. The second kappa shape index (κ2) is 47.8. The van der Waals surface area contributed by atoms with Crippen LogP contribution in [0.2, 0.25) is 0 Å². The molecule has 3 rings (SSSR count). The Labute approximate surface area is 609 Å². The molecule has 104 heavy (non-hydrogen) atoms. The van der Waals surface area contributed by atoms with E-state index < -0.39 is 168 Å². The largest absolute Gasteiger partial charge is 0.480 e. The zero-order chi connectivity index (χ0) is 77.4. The average molecular weight is 1460 g/mol. The van der Waals surface area contributed by atoms with Gasteiger partial charge in [-0.15, -0.1) is 0 Å². The highest BCUT2D eigenvalue weighted by Gasteiger charge is 2.38. The van der Waals surface area contributed by atoms with Crippen LogP contribution in [0.5, 0.6) is 0 Å². The number of hydrogen-bond acceptors (Lipinski definition) is 18. The number of nitrogens with one attached hydrogen (secondary N) is 12. The predicted molar refractivity (Wildman–Crippen MR) is 391 cm³/mol. The van der Waals surface area contributed by atoms with E-state index in [4.69, 9.17) is 28.7 Å². The first-order valence-corrected chi connectivity index (χ1v) is 36.1. The maximum absolute atomic E-state index is 14.8. The molecule has 0 radical (unpaired) electrons. The van der Waals surface area contributed by atoms with Gasteiger partial charge in [0.1, 0.15) is 60.4 Å². The molecule has 0 saturated carbocycles. The van der Waals surface area contributed by atoms with Gasteiger partial charge in [-0.05, 0) is 125 Å². The maximum atomic E-state index is 14.8. The number of carbonyl (C=O) groups excluding carboxylic acids is 12. The van der Waals surface area contributed by atoms with E-state index in [1.54, 1.807) is 116 Å². The van der Waals surface area contributed by atoms with Crippen LogP contribution in [0.15, 0.2) is 73.2 Å². The second-order valence-corrected chi connectivity index (χ2v) is 27.6. The molecule has 0 spiro atoms. The summed E-state index contributed by atoms with van der Waals surface area (Å²) in [7, 11) is 0. The number of nitrogens with zero attached hydrogens (tertiary/aromatic N) is 1. The van der Waals surface area contributed by atoms with Crippen molar-refractivity contribution in [2.75, 3.05) is 26.2 Å². The fraction of sp³-hybridized carbons (Fsp3) is 0.611. The van der Waals surface area contributed by atoms with Crippen LogP contribution in [0.4, 0.5) is 0 Å². The van der Waals surface area contributed by atoms with Gasteiger partial charge < -0.3 is 97.2 Å². The minimum Gasteiger partial charge on any atom is -0.480 e. The number of imidazole rings is 1. The lowest BCUT2D eigenvalue weighted by atomic mass is 9.95. The van der Waals surface area contributed by atoms with Gasteiger partial charge in [0.05, 0.1) is 18.9 Å². The highest BCUT2D eigenvalue weighted by molar-refractivity contribution is 5.99. The molecule has 0 saturated heterocycles. The van der Waals surface area contributed by atoms with E-state index >= 15 is 0 Å². The number of carboxylic acid groups (broad SMARTS) is 1. The van der Waals surface area contributed by atoms with E-state index in [2.05, 4.69) is 68.5 Å². The molecular formula is C72H116N18O14. The van der Waals surface area contributed by atoms with E-state index in [0.29, 0.717) is 81.3 Å². The van der Waals surface area contributed by atoms with Crippen molar-refractivity contribution in [2.24, 2.45) is 52.3 Å². The molecule has 1 heterocycles. The number of nitrogens with two attached hydrogens (primary N) is 5. The number of primary amides is 1. The third-order valence-corrected chi connectivity index (χ3v) is 17.4. The van der Waals surface area contributed by atoms with Crippen LogP contribution in [0.1, 0.15) is 162 Å². The van der Waals surface area contributed by atoms with Crippen LogP contribution < -0.4 is 87.2 Å². The van der Waals surface area contributed by atoms with Crippen molar-refractivity contribution in [2.45, 2.75) is 231 Å². The lowest BCUT2D eigenvalue weighted by molar-refractivity contribution is -0.142. The standard InChI is InChI=1S/C72H116N18O14/c1-9-45(8)61(90-69(100)54(35-43(4)5)86-66(97)55(36-46-22-12-10-13-23-46)81-59(92)40-79-70(101)60(44(6)7)89-62(93)49(76)26-16-19-31-73)71(102)83-51(29-30-58(77)91)64(95)85-53(34-42(2)3)65(96)87-56(37-47-24-14-11-15-25-47)67(98)88-57(38-48-39-78-41-80-48)68(99)82-50(27-17-20-32-74)63(94)84-52(72(103)104)28-18-21-33-75/h10-15,22-25,39,41-45,49-57,60-61H,9,16-21,26-38,40,73-76H2,1-8H3,(H2,77,91)(H,78,80)(H,79,101)(H,81,92)(H,82,99)(H,83,102)(H,84,94)(H,85,95)(H,86,97)(H,87,96)(H,88,98)(H,89,93)(H,90,100)(H,103,104)/t45-,49-,50-,51-,52-,53-,54-,55-,56-,57-,60-,61-/m0/s1.